The van der Waals surface area contributed by atoms with E-state index in [1.807, 2.05) is 36.4 Å². The summed E-state index contributed by atoms with van der Waals surface area (Å²) in [6.07, 6.45) is 0. The van der Waals surface area contributed by atoms with Crippen LogP contribution in [-0.2, 0) is 11.3 Å². The molecule has 2 N–H and O–H groups in total. The zero-order valence-electron chi connectivity index (χ0n) is 17.8. The number of aryl methyl sites for hydroxylation is 1. The van der Waals surface area contributed by atoms with Crippen molar-refractivity contribution in [1.82, 2.24) is 10.6 Å². The number of halogens is 1. The Balaban J connectivity index is 0.00000420. The lowest BCUT2D eigenvalue weighted by molar-refractivity contribution is 0.123. The van der Waals surface area contributed by atoms with E-state index in [1.54, 1.807) is 21.3 Å². The van der Waals surface area contributed by atoms with Gasteiger partial charge in [-0.1, -0.05) is 35.9 Å². The number of nitrogens with one attached hydrogen (secondary N) is 2. The molecule has 2 rings (SSSR count). The Hall–Kier alpha value is -2.00. The summed E-state index contributed by atoms with van der Waals surface area (Å²) in [5.41, 5.74) is 3.32. The fourth-order valence-electron chi connectivity index (χ4n) is 2.92. The molecule has 0 heterocycles. The predicted octanol–water partition coefficient (Wildman–Crippen LogP) is 4.07. The van der Waals surface area contributed by atoms with Crippen LogP contribution >= 0.6 is 24.0 Å². The van der Waals surface area contributed by atoms with Crippen molar-refractivity contribution in [3.8, 4) is 11.5 Å². The molecule has 1 unspecified atom stereocenters. The van der Waals surface area contributed by atoms with E-state index < -0.39 is 0 Å². The average molecular weight is 513 g/mol. The van der Waals surface area contributed by atoms with Crippen molar-refractivity contribution in [3.63, 3.8) is 0 Å². The number of para-hydroxylation sites is 1. The van der Waals surface area contributed by atoms with E-state index in [9.17, 15) is 0 Å². The molecule has 0 amide bonds. The maximum absolute atomic E-state index is 5.75. The smallest absolute Gasteiger partial charge is 0.191 e. The first-order valence-electron chi connectivity index (χ1n) is 9.40. The number of benzene rings is 2. The van der Waals surface area contributed by atoms with Crippen molar-refractivity contribution in [2.45, 2.75) is 26.5 Å². The van der Waals surface area contributed by atoms with Crippen molar-refractivity contribution in [1.29, 1.82) is 0 Å². The third kappa shape index (κ3) is 7.74. The highest BCUT2D eigenvalue weighted by Gasteiger charge is 2.13. The molecule has 160 valence electrons. The minimum Gasteiger partial charge on any atom is -0.496 e. The van der Waals surface area contributed by atoms with E-state index in [-0.39, 0.29) is 30.0 Å². The van der Waals surface area contributed by atoms with Gasteiger partial charge in [-0.15, -0.1) is 24.0 Å². The third-order valence-electron chi connectivity index (χ3n) is 4.42. The molecule has 0 saturated heterocycles. The van der Waals surface area contributed by atoms with E-state index in [0.29, 0.717) is 19.8 Å². The number of nitrogens with zero attached hydrogens (tertiary/aromatic N) is 1. The lowest BCUT2D eigenvalue weighted by Crippen LogP contribution is -2.40. The first-order valence-corrected chi connectivity index (χ1v) is 9.40. The third-order valence-corrected chi connectivity index (χ3v) is 4.42. The number of guanidine groups is 1. The molecule has 0 aliphatic heterocycles. The molecule has 2 aromatic rings. The van der Waals surface area contributed by atoms with Crippen LogP contribution < -0.4 is 20.1 Å². The summed E-state index contributed by atoms with van der Waals surface area (Å²) in [7, 11) is 5.11. The first kappa shape index (κ1) is 25.0. The van der Waals surface area contributed by atoms with Gasteiger partial charge in [0.25, 0.3) is 0 Å². The molecular weight excluding hydrogens is 481 g/mol. The maximum atomic E-state index is 5.75. The van der Waals surface area contributed by atoms with Crippen LogP contribution in [0.4, 0.5) is 0 Å². The highest BCUT2D eigenvalue weighted by molar-refractivity contribution is 14.0. The van der Waals surface area contributed by atoms with Crippen molar-refractivity contribution in [2.24, 2.45) is 4.99 Å². The van der Waals surface area contributed by atoms with Crippen molar-refractivity contribution in [3.05, 3.63) is 59.2 Å². The monoisotopic (exact) mass is 513 g/mol. The second-order valence-electron chi connectivity index (χ2n) is 6.47. The first-order chi connectivity index (χ1) is 13.6. The molecule has 6 nitrogen and oxygen atoms in total. The normalized spacial score (nSPS) is 12.0. The van der Waals surface area contributed by atoms with Gasteiger partial charge in [-0.05, 0) is 26.0 Å². The minimum atomic E-state index is 0. The summed E-state index contributed by atoms with van der Waals surface area (Å²) in [6, 6.07) is 14.1. The Kier molecular flexibility index (Phi) is 11.5. The Bertz CT molecular complexity index is 784. The summed E-state index contributed by atoms with van der Waals surface area (Å²) >= 11 is 0. The molecular formula is C22H32IN3O3. The predicted molar refractivity (Wildman–Crippen MR) is 129 cm³/mol. The van der Waals surface area contributed by atoms with E-state index in [1.165, 1.54) is 5.56 Å². The van der Waals surface area contributed by atoms with Crippen LogP contribution in [0.1, 0.15) is 29.7 Å². The highest BCUT2D eigenvalue weighted by Crippen LogP contribution is 2.25. The van der Waals surface area contributed by atoms with E-state index in [2.05, 4.69) is 35.5 Å². The van der Waals surface area contributed by atoms with Gasteiger partial charge in [0, 0.05) is 24.7 Å². The van der Waals surface area contributed by atoms with Gasteiger partial charge in [0.2, 0.25) is 0 Å². The van der Waals surface area contributed by atoms with Gasteiger partial charge in [-0.3, -0.25) is 4.99 Å². The van der Waals surface area contributed by atoms with E-state index >= 15 is 0 Å². The number of methoxy groups -OCH3 is 2. The summed E-state index contributed by atoms with van der Waals surface area (Å²) in [4.78, 5) is 4.29. The largest absolute Gasteiger partial charge is 0.496 e. The van der Waals surface area contributed by atoms with Crippen LogP contribution in [-0.4, -0.2) is 40.4 Å². The maximum Gasteiger partial charge on any atom is 0.191 e. The Labute approximate surface area is 191 Å². The van der Waals surface area contributed by atoms with Gasteiger partial charge in [0.05, 0.1) is 33.5 Å². The molecule has 2 aromatic carbocycles. The van der Waals surface area contributed by atoms with Gasteiger partial charge in [0.15, 0.2) is 5.96 Å². The second kappa shape index (κ2) is 13.3. The molecule has 0 fully saturated rings. The van der Waals surface area contributed by atoms with Crippen LogP contribution in [0.25, 0.3) is 0 Å². The molecule has 0 bridgehead atoms. The highest BCUT2D eigenvalue weighted by atomic mass is 127. The SMILES string of the molecule is CN=C(NCCOCc1ccccc1OC)NC(C)c1cc(C)ccc1OC.I. The zero-order valence-corrected chi connectivity index (χ0v) is 20.2. The molecule has 0 aliphatic rings. The Morgan fingerprint density at radius 3 is 2.48 bits per heavy atom. The fourth-order valence-corrected chi connectivity index (χ4v) is 2.92. The van der Waals surface area contributed by atoms with Gasteiger partial charge < -0.3 is 24.8 Å². The second-order valence-corrected chi connectivity index (χ2v) is 6.47. The molecule has 0 saturated carbocycles. The number of hydrogen-bond donors (Lipinski definition) is 2. The van der Waals surface area contributed by atoms with Gasteiger partial charge in [-0.25, -0.2) is 0 Å². The number of ether oxygens (including phenoxy) is 3. The van der Waals surface area contributed by atoms with Crippen molar-refractivity contribution < 1.29 is 14.2 Å². The van der Waals surface area contributed by atoms with Crippen LogP contribution in [0.15, 0.2) is 47.5 Å². The number of aliphatic imine (C=N–C) groups is 1. The van der Waals surface area contributed by atoms with Crippen molar-refractivity contribution >= 4 is 29.9 Å². The standard InChI is InChI=1S/C22H31N3O3.HI/c1-16-10-11-21(27-5)19(14-16)17(2)25-22(23-3)24-12-13-28-15-18-8-6-7-9-20(18)26-4;/h6-11,14,17H,12-13,15H2,1-5H3,(H2,23,24,25);1H. The molecule has 0 aromatic heterocycles. The average Bonchev–Trinajstić information content (AvgIpc) is 2.72. The zero-order chi connectivity index (χ0) is 20.4. The fraction of sp³-hybridized carbons (Fsp3) is 0.409. The summed E-state index contributed by atoms with van der Waals surface area (Å²) < 4.78 is 16.6. The summed E-state index contributed by atoms with van der Waals surface area (Å²) in [5, 5.41) is 6.67. The lowest BCUT2D eigenvalue weighted by atomic mass is 10.0. The van der Waals surface area contributed by atoms with Gasteiger partial charge in [0.1, 0.15) is 11.5 Å². The lowest BCUT2D eigenvalue weighted by Gasteiger charge is -2.20. The molecule has 7 heteroatoms. The molecule has 29 heavy (non-hydrogen) atoms. The number of hydrogen-bond acceptors (Lipinski definition) is 4. The molecule has 0 aliphatic carbocycles. The minimum absolute atomic E-state index is 0. The van der Waals surface area contributed by atoms with Crippen LogP contribution in [0.5, 0.6) is 11.5 Å². The van der Waals surface area contributed by atoms with Crippen molar-refractivity contribution in [2.75, 3.05) is 34.4 Å². The molecule has 0 spiro atoms. The van der Waals surface area contributed by atoms with Crippen LogP contribution in [0.3, 0.4) is 0 Å². The molecule has 0 radical (unpaired) electrons. The van der Waals surface area contributed by atoms with Gasteiger partial charge in [-0.2, -0.15) is 0 Å². The summed E-state index contributed by atoms with van der Waals surface area (Å²) in [6.45, 7) is 5.87. The molecule has 1 atom stereocenters. The Morgan fingerprint density at radius 2 is 1.79 bits per heavy atom. The topological polar surface area (TPSA) is 64.1 Å². The Morgan fingerprint density at radius 1 is 1.07 bits per heavy atom. The van der Waals surface area contributed by atoms with E-state index in [0.717, 1.165) is 28.6 Å². The number of rotatable bonds is 9. The van der Waals surface area contributed by atoms with Crippen LogP contribution in [0, 0.1) is 6.92 Å². The van der Waals surface area contributed by atoms with E-state index in [4.69, 9.17) is 14.2 Å². The van der Waals surface area contributed by atoms with Crippen LogP contribution in [0.2, 0.25) is 0 Å². The summed E-state index contributed by atoms with van der Waals surface area (Å²) in [5.74, 6) is 2.42. The quantitative estimate of drug-likeness (QED) is 0.229. The van der Waals surface area contributed by atoms with Gasteiger partial charge >= 0.3 is 0 Å².